The van der Waals surface area contributed by atoms with Crippen molar-refractivity contribution in [3.8, 4) is 17.1 Å². The van der Waals surface area contributed by atoms with Crippen molar-refractivity contribution in [3.05, 3.63) is 60.2 Å². The number of rotatable bonds is 7. The van der Waals surface area contributed by atoms with Crippen molar-refractivity contribution in [1.29, 1.82) is 0 Å². The number of aromatic nitrogens is 3. The minimum atomic E-state index is -2.82. The summed E-state index contributed by atoms with van der Waals surface area (Å²) in [5.41, 5.74) is 1.74. The zero-order valence-electron chi connectivity index (χ0n) is 13.5. The second-order valence-electron chi connectivity index (χ2n) is 5.45. The second-order valence-corrected chi connectivity index (χ2v) is 5.45. The molecule has 3 aromatic rings. The normalized spacial score (nSPS) is 11.2. The summed E-state index contributed by atoms with van der Waals surface area (Å²) in [4.78, 5) is 10.3. The predicted molar refractivity (Wildman–Crippen MR) is 85.8 cm³/mol. The van der Waals surface area contributed by atoms with Crippen molar-refractivity contribution in [1.82, 2.24) is 20.0 Å². The highest BCUT2D eigenvalue weighted by Crippen LogP contribution is 2.17. The van der Waals surface area contributed by atoms with Gasteiger partial charge in [-0.1, -0.05) is 17.3 Å². The SMILES string of the molecule is CN(Cc1ccc(OC(F)F)cc1)Cc1nc(-c2cccnc2)no1. The van der Waals surface area contributed by atoms with E-state index in [1.807, 2.05) is 18.0 Å². The van der Waals surface area contributed by atoms with Gasteiger partial charge in [-0.05, 0) is 36.9 Å². The maximum atomic E-state index is 12.1. The minimum Gasteiger partial charge on any atom is -0.435 e. The molecule has 0 saturated carbocycles. The molecule has 2 aromatic heterocycles. The number of hydrogen-bond donors (Lipinski definition) is 0. The van der Waals surface area contributed by atoms with Crippen LogP contribution in [0.4, 0.5) is 8.78 Å². The Kier molecular flexibility index (Phi) is 5.30. The fourth-order valence-corrected chi connectivity index (χ4v) is 2.31. The number of nitrogens with zero attached hydrogens (tertiary/aromatic N) is 4. The quantitative estimate of drug-likeness (QED) is 0.654. The molecule has 8 heteroatoms. The van der Waals surface area contributed by atoms with E-state index in [1.165, 1.54) is 12.1 Å². The molecule has 25 heavy (non-hydrogen) atoms. The second kappa shape index (κ2) is 7.80. The fraction of sp³-hybridized carbons (Fsp3) is 0.235. The summed E-state index contributed by atoms with van der Waals surface area (Å²) >= 11 is 0. The van der Waals surface area contributed by atoms with Gasteiger partial charge in [-0.2, -0.15) is 13.8 Å². The first-order chi connectivity index (χ1) is 12.1. The highest BCUT2D eigenvalue weighted by molar-refractivity contribution is 5.51. The number of ether oxygens (including phenoxy) is 1. The van der Waals surface area contributed by atoms with Crippen molar-refractivity contribution in [3.63, 3.8) is 0 Å². The molecule has 3 rings (SSSR count). The van der Waals surface area contributed by atoms with Crippen LogP contribution < -0.4 is 4.74 Å². The van der Waals surface area contributed by atoms with Crippen LogP contribution in [0.15, 0.2) is 53.3 Å². The minimum absolute atomic E-state index is 0.138. The van der Waals surface area contributed by atoms with Crippen LogP contribution in [0, 0.1) is 0 Å². The van der Waals surface area contributed by atoms with E-state index < -0.39 is 6.61 Å². The molecule has 0 unspecified atom stereocenters. The summed E-state index contributed by atoms with van der Waals surface area (Å²) in [6.07, 6.45) is 3.34. The summed E-state index contributed by atoms with van der Waals surface area (Å²) in [6.45, 7) is -1.76. The van der Waals surface area contributed by atoms with Gasteiger partial charge < -0.3 is 9.26 Å². The van der Waals surface area contributed by atoms with E-state index in [0.29, 0.717) is 24.8 Å². The summed E-state index contributed by atoms with van der Waals surface area (Å²) in [7, 11) is 1.90. The summed E-state index contributed by atoms with van der Waals surface area (Å²) in [5, 5.41) is 3.95. The van der Waals surface area contributed by atoms with Crippen LogP contribution in [0.3, 0.4) is 0 Å². The van der Waals surface area contributed by atoms with Gasteiger partial charge in [0.1, 0.15) is 5.75 Å². The molecule has 0 N–H and O–H groups in total. The Hall–Kier alpha value is -2.87. The van der Waals surface area contributed by atoms with Crippen LogP contribution in [-0.4, -0.2) is 33.7 Å². The molecule has 0 aliphatic heterocycles. The molecule has 0 amide bonds. The largest absolute Gasteiger partial charge is 0.435 e. The maximum absolute atomic E-state index is 12.1. The molecule has 0 aliphatic rings. The predicted octanol–water partition coefficient (Wildman–Crippen LogP) is 3.37. The number of hydrogen-bond acceptors (Lipinski definition) is 6. The smallest absolute Gasteiger partial charge is 0.387 e. The molecule has 2 heterocycles. The number of halogens is 2. The average molecular weight is 346 g/mol. The van der Waals surface area contributed by atoms with E-state index in [4.69, 9.17) is 4.52 Å². The van der Waals surface area contributed by atoms with Crippen LogP contribution >= 0.6 is 0 Å². The van der Waals surface area contributed by atoms with E-state index in [0.717, 1.165) is 11.1 Å². The Labute approximate surface area is 143 Å². The lowest BCUT2D eigenvalue weighted by atomic mass is 10.2. The Bertz CT molecular complexity index is 794. The Morgan fingerprint density at radius 1 is 1.16 bits per heavy atom. The van der Waals surface area contributed by atoms with Crippen molar-refractivity contribution >= 4 is 0 Å². The van der Waals surface area contributed by atoms with E-state index in [1.54, 1.807) is 30.6 Å². The molecule has 6 nitrogen and oxygen atoms in total. The maximum Gasteiger partial charge on any atom is 0.387 e. The van der Waals surface area contributed by atoms with Crippen LogP contribution in [0.2, 0.25) is 0 Å². The molecule has 0 spiro atoms. The number of alkyl halides is 2. The molecule has 0 fully saturated rings. The molecule has 0 aliphatic carbocycles. The summed E-state index contributed by atoms with van der Waals surface area (Å²) in [5.74, 6) is 1.11. The summed E-state index contributed by atoms with van der Waals surface area (Å²) < 4.78 is 33.9. The lowest BCUT2D eigenvalue weighted by molar-refractivity contribution is -0.0498. The summed E-state index contributed by atoms with van der Waals surface area (Å²) in [6, 6.07) is 10.2. The zero-order valence-corrected chi connectivity index (χ0v) is 13.5. The van der Waals surface area contributed by atoms with Gasteiger partial charge in [-0.15, -0.1) is 0 Å². The van der Waals surface area contributed by atoms with Gasteiger partial charge in [0, 0.05) is 24.5 Å². The number of benzene rings is 1. The third-order valence-electron chi connectivity index (χ3n) is 3.39. The molecular weight excluding hydrogens is 330 g/mol. The highest BCUT2D eigenvalue weighted by Gasteiger charge is 2.11. The third-order valence-corrected chi connectivity index (χ3v) is 3.39. The van der Waals surface area contributed by atoms with Crippen LogP contribution in [0.5, 0.6) is 5.75 Å². The van der Waals surface area contributed by atoms with Crippen LogP contribution in [0.25, 0.3) is 11.4 Å². The van der Waals surface area contributed by atoms with Gasteiger partial charge in [-0.3, -0.25) is 9.88 Å². The zero-order chi connectivity index (χ0) is 17.6. The van der Waals surface area contributed by atoms with Gasteiger partial charge >= 0.3 is 6.61 Å². The molecule has 130 valence electrons. The molecule has 0 saturated heterocycles. The third kappa shape index (κ3) is 4.80. The van der Waals surface area contributed by atoms with Gasteiger partial charge in [-0.25, -0.2) is 0 Å². The van der Waals surface area contributed by atoms with E-state index in [9.17, 15) is 8.78 Å². The lowest BCUT2D eigenvalue weighted by Crippen LogP contribution is -2.17. The Morgan fingerprint density at radius 2 is 1.96 bits per heavy atom. The van der Waals surface area contributed by atoms with Gasteiger partial charge in [0.05, 0.1) is 6.54 Å². The molecule has 0 atom stereocenters. The van der Waals surface area contributed by atoms with Crippen molar-refractivity contribution < 1.29 is 18.0 Å². The van der Waals surface area contributed by atoms with Gasteiger partial charge in [0.2, 0.25) is 11.7 Å². The van der Waals surface area contributed by atoms with Crippen LogP contribution in [-0.2, 0) is 13.1 Å². The van der Waals surface area contributed by atoms with Crippen molar-refractivity contribution in [2.75, 3.05) is 7.05 Å². The molecule has 0 bridgehead atoms. The first-order valence-corrected chi connectivity index (χ1v) is 7.55. The molecular formula is C17H16F2N4O2. The van der Waals surface area contributed by atoms with Crippen molar-refractivity contribution in [2.45, 2.75) is 19.7 Å². The van der Waals surface area contributed by atoms with E-state index in [-0.39, 0.29) is 5.75 Å². The first-order valence-electron chi connectivity index (χ1n) is 7.55. The van der Waals surface area contributed by atoms with Gasteiger partial charge in [0.25, 0.3) is 0 Å². The Balaban J connectivity index is 1.57. The van der Waals surface area contributed by atoms with Crippen molar-refractivity contribution in [2.24, 2.45) is 0 Å². The fourth-order valence-electron chi connectivity index (χ4n) is 2.31. The van der Waals surface area contributed by atoms with Gasteiger partial charge in [0.15, 0.2) is 0 Å². The standard InChI is InChI=1S/C17H16F2N4O2/c1-23(10-12-4-6-14(7-5-12)24-17(18)19)11-15-21-16(22-25-15)13-3-2-8-20-9-13/h2-9,17H,10-11H2,1H3. The monoisotopic (exact) mass is 346 g/mol. The Morgan fingerprint density at radius 3 is 2.64 bits per heavy atom. The molecule has 0 radical (unpaired) electrons. The first kappa shape index (κ1) is 17.0. The molecule has 1 aromatic carbocycles. The topological polar surface area (TPSA) is 64.3 Å². The number of pyridine rings is 1. The van der Waals surface area contributed by atoms with E-state index >= 15 is 0 Å². The van der Waals surface area contributed by atoms with Crippen LogP contribution in [0.1, 0.15) is 11.5 Å². The lowest BCUT2D eigenvalue weighted by Gasteiger charge is -2.14. The van der Waals surface area contributed by atoms with E-state index in [2.05, 4.69) is 19.9 Å². The highest BCUT2D eigenvalue weighted by atomic mass is 19.3. The average Bonchev–Trinajstić information content (AvgIpc) is 3.05.